The van der Waals surface area contributed by atoms with E-state index in [1.54, 1.807) is 32.6 Å². The largest absolute Gasteiger partial charge is 0.508 e. The standard InChI is InChI=1S/C27H35NO4/c1-7-27(15-10-16-28-27)25(18-11-8-9-12-22(18)31-5)21(30)17-19-23(32-6)14-13-20(29)24(19)26(2,3)4/h8-16,21,25,29-30H,7,17H2,1-6H3. The van der Waals surface area contributed by atoms with Gasteiger partial charge in [0.05, 0.1) is 25.9 Å². The van der Waals surface area contributed by atoms with Crippen molar-refractivity contribution >= 4 is 6.21 Å². The molecular weight excluding hydrogens is 402 g/mol. The Hall–Kier alpha value is -2.79. The molecule has 5 nitrogen and oxygen atoms in total. The molecule has 1 aliphatic heterocycles. The van der Waals surface area contributed by atoms with Crippen LogP contribution in [-0.4, -0.2) is 42.3 Å². The second-order valence-electron chi connectivity index (χ2n) is 9.36. The number of hydrogen-bond donors (Lipinski definition) is 2. The van der Waals surface area contributed by atoms with Gasteiger partial charge in [-0.1, -0.05) is 52.0 Å². The Morgan fingerprint density at radius 2 is 1.72 bits per heavy atom. The molecule has 1 aliphatic rings. The van der Waals surface area contributed by atoms with E-state index in [2.05, 4.69) is 13.0 Å². The maximum absolute atomic E-state index is 11.8. The van der Waals surface area contributed by atoms with Gasteiger partial charge in [0.2, 0.25) is 0 Å². The van der Waals surface area contributed by atoms with Crippen molar-refractivity contribution in [3.8, 4) is 17.2 Å². The van der Waals surface area contributed by atoms with E-state index in [0.29, 0.717) is 12.2 Å². The van der Waals surface area contributed by atoms with Crippen LogP contribution in [0, 0.1) is 0 Å². The van der Waals surface area contributed by atoms with Crippen LogP contribution in [0.3, 0.4) is 0 Å². The Balaban J connectivity index is 2.16. The molecule has 3 unspecified atom stereocenters. The van der Waals surface area contributed by atoms with Crippen molar-refractivity contribution in [2.24, 2.45) is 4.99 Å². The molecule has 0 aliphatic carbocycles. The monoisotopic (exact) mass is 437 g/mol. The van der Waals surface area contributed by atoms with Crippen LogP contribution in [0.25, 0.3) is 0 Å². The summed E-state index contributed by atoms with van der Waals surface area (Å²) in [5, 5.41) is 22.5. The number of phenols is 1. The second kappa shape index (κ2) is 9.37. The molecule has 0 aromatic heterocycles. The molecule has 2 N–H and O–H groups in total. The lowest BCUT2D eigenvalue weighted by molar-refractivity contribution is 0.112. The van der Waals surface area contributed by atoms with Crippen molar-refractivity contribution in [1.29, 1.82) is 0 Å². The molecule has 5 heteroatoms. The van der Waals surface area contributed by atoms with Gasteiger partial charge in [0.15, 0.2) is 0 Å². The molecule has 0 saturated heterocycles. The van der Waals surface area contributed by atoms with Gasteiger partial charge >= 0.3 is 0 Å². The minimum atomic E-state index is -0.803. The third-order valence-electron chi connectivity index (χ3n) is 6.38. The van der Waals surface area contributed by atoms with Gasteiger partial charge in [0.1, 0.15) is 17.2 Å². The summed E-state index contributed by atoms with van der Waals surface area (Å²) >= 11 is 0. The fraction of sp³-hybridized carbons (Fsp3) is 0.444. The number of ether oxygens (including phenoxy) is 2. The third-order valence-corrected chi connectivity index (χ3v) is 6.38. The van der Waals surface area contributed by atoms with Gasteiger partial charge in [-0.3, -0.25) is 4.99 Å². The molecular formula is C27H35NO4. The van der Waals surface area contributed by atoms with Crippen LogP contribution in [0.15, 0.2) is 53.5 Å². The van der Waals surface area contributed by atoms with Crippen molar-refractivity contribution in [3.63, 3.8) is 0 Å². The van der Waals surface area contributed by atoms with Crippen LogP contribution in [0.2, 0.25) is 0 Å². The first-order valence-electron chi connectivity index (χ1n) is 11.1. The summed E-state index contributed by atoms with van der Waals surface area (Å²) in [6, 6.07) is 11.2. The zero-order valence-electron chi connectivity index (χ0n) is 19.9. The first-order chi connectivity index (χ1) is 15.2. The zero-order chi connectivity index (χ0) is 23.5. The SMILES string of the molecule is CCC1(C(c2ccccc2OC)C(O)Cc2c(OC)ccc(O)c2C(C)(C)C)C=CC=N1. The van der Waals surface area contributed by atoms with Crippen molar-refractivity contribution < 1.29 is 19.7 Å². The van der Waals surface area contributed by atoms with Crippen LogP contribution in [0.5, 0.6) is 17.2 Å². The molecule has 0 radical (unpaired) electrons. The number of hydrogen-bond acceptors (Lipinski definition) is 5. The first-order valence-corrected chi connectivity index (χ1v) is 11.1. The molecule has 0 fully saturated rings. The van der Waals surface area contributed by atoms with Crippen LogP contribution >= 0.6 is 0 Å². The van der Waals surface area contributed by atoms with Gasteiger partial charge in [-0.15, -0.1) is 0 Å². The molecule has 0 saturated carbocycles. The number of para-hydroxylation sites is 1. The highest BCUT2D eigenvalue weighted by atomic mass is 16.5. The van der Waals surface area contributed by atoms with Gasteiger partial charge in [-0.25, -0.2) is 0 Å². The summed E-state index contributed by atoms with van der Waals surface area (Å²) in [5.41, 5.74) is 1.58. The van der Waals surface area contributed by atoms with E-state index in [-0.39, 0.29) is 17.1 Å². The minimum Gasteiger partial charge on any atom is -0.508 e. The molecule has 2 aromatic carbocycles. The number of methoxy groups -OCH3 is 2. The number of nitrogens with zero attached hydrogens (tertiary/aromatic N) is 1. The van der Waals surface area contributed by atoms with E-state index in [0.717, 1.165) is 28.9 Å². The molecule has 172 valence electrons. The Bertz CT molecular complexity index is 991. The highest BCUT2D eigenvalue weighted by molar-refractivity contribution is 5.76. The van der Waals surface area contributed by atoms with Gasteiger partial charge < -0.3 is 19.7 Å². The van der Waals surface area contributed by atoms with Crippen LogP contribution in [-0.2, 0) is 11.8 Å². The lowest BCUT2D eigenvalue weighted by atomic mass is 9.72. The fourth-order valence-electron chi connectivity index (χ4n) is 4.95. The van der Waals surface area contributed by atoms with E-state index in [9.17, 15) is 10.2 Å². The Morgan fingerprint density at radius 3 is 2.28 bits per heavy atom. The van der Waals surface area contributed by atoms with Crippen LogP contribution in [0.4, 0.5) is 0 Å². The van der Waals surface area contributed by atoms with E-state index >= 15 is 0 Å². The Labute approximate surface area is 191 Å². The van der Waals surface area contributed by atoms with E-state index in [1.807, 2.05) is 51.1 Å². The maximum Gasteiger partial charge on any atom is 0.122 e. The van der Waals surface area contributed by atoms with Gasteiger partial charge in [-0.05, 0) is 36.1 Å². The topological polar surface area (TPSA) is 71.3 Å². The predicted octanol–water partition coefficient (Wildman–Crippen LogP) is 5.18. The maximum atomic E-state index is 11.8. The number of aliphatic hydroxyl groups excluding tert-OH is 1. The van der Waals surface area contributed by atoms with Crippen LogP contribution < -0.4 is 9.47 Å². The highest BCUT2D eigenvalue weighted by Gasteiger charge is 2.43. The van der Waals surface area contributed by atoms with E-state index < -0.39 is 11.6 Å². The summed E-state index contributed by atoms with van der Waals surface area (Å²) in [7, 11) is 3.26. The normalized spacial score (nSPS) is 19.7. The Morgan fingerprint density at radius 1 is 1.03 bits per heavy atom. The minimum absolute atomic E-state index is 0.207. The summed E-state index contributed by atoms with van der Waals surface area (Å²) in [6.45, 7) is 8.23. The van der Waals surface area contributed by atoms with Crippen molar-refractivity contribution in [2.75, 3.05) is 14.2 Å². The number of aromatic hydroxyl groups is 1. The molecule has 32 heavy (non-hydrogen) atoms. The average Bonchev–Trinajstić information content (AvgIpc) is 3.23. The zero-order valence-corrected chi connectivity index (χ0v) is 19.9. The molecule has 1 heterocycles. The average molecular weight is 438 g/mol. The number of aliphatic hydroxyl groups is 1. The smallest absolute Gasteiger partial charge is 0.122 e. The van der Waals surface area contributed by atoms with Gasteiger partial charge in [0.25, 0.3) is 0 Å². The second-order valence-corrected chi connectivity index (χ2v) is 9.36. The number of aliphatic imine (C=N–C) groups is 1. The van der Waals surface area contributed by atoms with Crippen molar-refractivity contribution in [2.45, 2.75) is 63.5 Å². The molecule has 3 rings (SSSR count). The lowest BCUT2D eigenvalue weighted by Gasteiger charge is -2.38. The molecule has 0 spiro atoms. The summed E-state index contributed by atoms with van der Waals surface area (Å²) in [5.74, 6) is 1.23. The molecule has 2 aromatic rings. The third kappa shape index (κ3) is 4.40. The van der Waals surface area contributed by atoms with Gasteiger partial charge in [0, 0.05) is 35.2 Å². The Kier molecular flexibility index (Phi) is 6.99. The number of allylic oxidation sites excluding steroid dienone is 1. The highest BCUT2D eigenvalue weighted by Crippen LogP contribution is 2.46. The van der Waals surface area contributed by atoms with Crippen LogP contribution in [0.1, 0.15) is 56.7 Å². The number of rotatable bonds is 8. The summed E-state index contributed by atoms with van der Waals surface area (Å²) < 4.78 is 11.3. The van der Waals surface area contributed by atoms with E-state index in [1.165, 1.54) is 0 Å². The van der Waals surface area contributed by atoms with Gasteiger partial charge in [-0.2, -0.15) is 0 Å². The molecule has 0 bridgehead atoms. The molecule has 0 amide bonds. The summed E-state index contributed by atoms with van der Waals surface area (Å²) in [4.78, 5) is 4.80. The van der Waals surface area contributed by atoms with Crippen molar-refractivity contribution in [3.05, 3.63) is 65.2 Å². The van der Waals surface area contributed by atoms with E-state index in [4.69, 9.17) is 14.5 Å². The number of phenolic OH excluding ortho intramolecular Hbond substituents is 1. The number of benzene rings is 2. The predicted molar refractivity (Wildman–Crippen MR) is 129 cm³/mol. The van der Waals surface area contributed by atoms with Crippen molar-refractivity contribution in [1.82, 2.24) is 0 Å². The molecule has 3 atom stereocenters. The fourth-order valence-corrected chi connectivity index (χ4v) is 4.95. The summed E-state index contributed by atoms with van der Waals surface area (Å²) in [6.07, 6.45) is 6.03. The lowest BCUT2D eigenvalue weighted by Crippen LogP contribution is -2.40. The quantitative estimate of drug-likeness (QED) is 0.597. The first kappa shape index (κ1) is 23.9.